The summed E-state index contributed by atoms with van der Waals surface area (Å²) in [5.41, 5.74) is 1.33. The van der Waals surface area contributed by atoms with Crippen molar-refractivity contribution in [2.75, 3.05) is 0 Å². The Morgan fingerprint density at radius 3 is 2.45 bits per heavy atom. The van der Waals surface area contributed by atoms with E-state index in [2.05, 4.69) is 39.4 Å². The third-order valence-corrected chi connectivity index (χ3v) is 4.88. The van der Waals surface area contributed by atoms with Gasteiger partial charge in [0.1, 0.15) is 5.75 Å². The molecule has 0 aromatic heterocycles. The van der Waals surface area contributed by atoms with E-state index in [0.717, 1.165) is 22.8 Å². The molecule has 0 amide bonds. The molecular weight excluding hydrogens is 314 g/mol. The zero-order valence-corrected chi connectivity index (χ0v) is 13.6. The topological polar surface area (TPSA) is 21.3 Å². The smallest absolute Gasteiger partial charge is 0.133 e. The van der Waals surface area contributed by atoms with Crippen LogP contribution in [0.25, 0.3) is 0 Å². The maximum Gasteiger partial charge on any atom is 0.133 e. The molecule has 0 unspecified atom stereocenters. The van der Waals surface area contributed by atoms with Crippen LogP contribution in [0.4, 0.5) is 0 Å². The largest absolute Gasteiger partial charge is 0.489 e. The molecule has 0 atom stereocenters. The zero-order chi connectivity index (χ0) is 13.8. The van der Waals surface area contributed by atoms with Gasteiger partial charge >= 0.3 is 0 Å². The highest BCUT2D eigenvalue weighted by Crippen LogP contribution is 2.30. The molecule has 0 aliphatic heterocycles. The van der Waals surface area contributed by atoms with Gasteiger partial charge in [-0.25, -0.2) is 0 Å². The minimum Gasteiger partial charge on any atom is -0.489 e. The number of halogens is 1. The van der Waals surface area contributed by atoms with Gasteiger partial charge in [0.05, 0.1) is 10.6 Å². The maximum absolute atomic E-state index is 6.19. The Balaban J connectivity index is 1.57. The number of nitrogens with one attached hydrogen (secondary N) is 1. The molecular formula is C17H24BrNO. The lowest BCUT2D eigenvalue weighted by Gasteiger charge is -2.18. The number of benzene rings is 1. The van der Waals surface area contributed by atoms with Crippen molar-refractivity contribution in [3.05, 3.63) is 28.2 Å². The van der Waals surface area contributed by atoms with Crippen LogP contribution < -0.4 is 10.1 Å². The molecule has 1 aromatic carbocycles. The van der Waals surface area contributed by atoms with E-state index in [0.29, 0.717) is 6.10 Å². The number of hydrogen-bond donors (Lipinski definition) is 1. The van der Waals surface area contributed by atoms with Crippen molar-refractivity contribution >= 4 is 15.9 Å². The summed E-state index contributed by atoms with van der Waals surface area (Å²) in [5, 5.41) is 3.55. The van der Waals surface area contributed by atoms with Crippen LogP contribution >= 0.6 is 15.9 Å². The number of ether oxygens (including phenoxy) is 1. The molecule has 0 spiro atoms. The van der Waals surface area contributed by atoms with Gasteiger partial charge in [-0.1, -0.05) is 18.9 Å². The molecule has 0 bridgehead atoms. The van der Waals surface area contributed by atoms with Gasteiger partial charge in [0.15, 0.2) is 0 Å². The summed E-state index contributed by atoms with van der Waals surface area (Å²) >= 11 is 3.66. The third kappa shape index (κ3) is 4.23. The zero-order valence-electron chi connectivity index (χ0n) is 12.0. The lowest BCUT2D eigenvalue weighted by atomic mass is 10.1. The van der Waals surface area contributed by atoms with Crippen molar-refractivity contribution in [3.63, 3.8) is 0 Å². The molecule has 3 rings (SSSR count). The molecule has 1 N–H and O–H groups in total. The maximum atomic E-state index is 6.19. The fourth-order valence-electron chi connectivity index (χ4n) is 2.84. The van der Waals surface area contributed by atoms with Crippen LogP contribution in [0.2, 0.25) is 0 Å². The van der Waals surface area contributed by atoms with Crippen molar-refractivity contribution in [2.24, 2.45) is 0 Å². The van der Waals surface area contributed by atoms with Crippen molar-refractivity contribution in [1.29, 1.82) is 0 Å². The molecule has 110 valence electrons. The van der Waals surface area contributed by atoms with E-state index in [9.17, 15) is 0 Å². The number of hydrogen-bond acceptors (Lipinski definition) is 2. The molecule has 2 aliphatic carbocycles. The van der Waals surface area contributed by atoms with Gasteiger partial charge in [0, 0.05) is 12.6 Å². The number of rotatable bonds is 5. The average molecular weight is 338 g/mol. The predicted octanol–water partition coefficient (Wildman–Crippen LogP) is 4.80. The van der Waals surface area contributed by atoms with Gasteiger partial charge in [-0.2, -0.15) is 0 Å². The van der Waals surface area contributed by atoms with Gasteiger partial charge in [-0.3, -0.25) is 0 Å². The Kier molecular flexibility index (Phi) is 5.00. The van der Waals surface area contributed by atoms with Crippen LogP contribution in [0, 0.1) is 0 Å². The van der Waals surface area contributed by atoms with Gasteiger partial charge in [0.2, 0.25) is 0 Å². The van der Waals surface area contributed by atoms with Crippen LogP contribution in [0.3, 0.4) is 0 Å². The minimum atomic E-state index is 0.407. The fourth-order valence-corrected chi connectivity index (χ4v) is 3.36. The summed E-state index contributed by atoms with van der Waals surface area (Å²) in [6.07, 6.45) is 10.9. The molecule has 2 saturated carbocycles. The molecule has 2 fully saturated rings. The lowest BCUT2D eigenvalue weighted by Crippen LogP contribution is -2.16. The second kappa shape index (κ2) is 6.95. The second-order valence-electron chi connectivity index (χ2n) is 6.15. The molecule has 0 radical (unpaired) electrons. The Morgan fingerprint density at radius 2 is 1.80 bits per heavy atom. The first-order valence-corrected chi connectivity index (χ1v) is 8.79. The standard InChI is InChI=1S/C17H24BrNO/c18-16-11-13(12-19-14-8-9-14)7-10-17(16)20-15-5-3-1-2-4-6-15/h7,10-11,14-15,19H,1-6,8-9,12H2. The van der Waals surface area contributed by atoms with Crippen LogP contribution in [-0.2, 0) is 6.54 Å². The summed E-state index contributed by atoms with van der Waals surface area (Å²) in [4.78, 5) is 0. The van der Waals surface area contributed by atoms with Crippen LogP contribution in [0.1, 0.15) is 56.9 Å². The average Bonchev–Trinajstić information content (AvgIpc) is 3.26. The van der Waals surface area contributed by atoms with E-state index in [1.54, 1.807) is 0 Å². The first-order chi connectivity index (χ1) is 9.81. The van der Waals surface area contributed by atoms with Crippen molar-refractivity contribution < 1.29 is 4.74 Å². The summed E-state index contributed by atoms with van der Waals surface area (Å²) in [7, 11) is 0. The highest BCUT2D eigenvalue weighted by atomic mass is 79.9. The SMILES string of the molecule is Brc1cc(CNC2CC2)ccc1OC1CCCCCC1. The molecule has 20 heavy (non-hydrogen) atoms. The Labute approximate surface area is 130 Å². The first-order valence-electron chi connectivity index (χ1n) is 8.00. The first kappa shape index (κ1) is 14.4. The molecule has 0 saturated heterocycles. The van der Waals surface area contributed by atoms with Gasteiger partial charge in [-0.15, -0.1) is 0 Å². The van der Waals surface area contributed by atoms with Crippen molar-refractivity contribution in [3.8, 4) is 5.75 Å². The monoisotopic (exact) mass is 337 g/mol. The summed E-state index contributed by atoms with van der Waals surface area (Å²) in [6, 6.07) is 7.27. The van der Waals surface area contributed by atoms with E-state index >= 15 is 0 Å². The van der Waals surface area contributed by atoms with Gasteiger partial charge in [-0.05, 0) is 72.2 Å². The quantitative estimate of drug-likeness (QED) is 0.779. The Bertz CT molecular complexity index is 437. The molecule has 3 heteroatoms. The van der Waals surface area contributed by atoms with Gasteiger partial charge in [0.25, 0.3) is 0 Å². The molecule has 0 heterocycles. The Hall–Kier alpha value is -0.540. The predicted molar refractivity (Wildman–Crippen MR) is 86.1 cm³/mol. The van der Waals surface area contributed by atoms with E-state index in [4.69, 9.17) is 4.74 Å². The van der Waals surface area contributed by atoms with E-state index in [1.165, 1.54) is 56.9 Å². The van der Waals surface area contributed by atoms with Crippen molar-refractivity contribution in [1.82, 2.24) is 5.32 Å². The molecule has 2 aliphatic rings. The normalized spacial score (nSPS) is 20.6. The summed E-state index contributed by atoms with van der Waals surface area (Å²) in [5.74, 6) is 1.01. The van der Waals surface area contributed by atoms with Crippen LogP contribution in [0.15, 0.2) is 22.7 Å². The molecule has 1 aromatic rings. The Morgan fingerprint density at radius 1 is 1.05 bits per heavy atom. The summed E-state index contributed by atoms with van der Waals surface area (Å²) < 4.78 is 7.29. The van der Waals surface area contributed by atoms with Gasteiger partial charge < -0.3 is 10.1 Å². The van der Waals surface area contributed by atoms with E-state index in [-0.39, 0.29) is 0 Å². The van der Waals surface area contributed by atoms with E-state index in [1.807, 2.05) is 0 Å². The summed E-state index contributed by atoms with van der Waals surface area (Å²) in [6.45, 7) is 0.965. The second-order valence-corrected chi connectivity index (χ2v) is 7.01. The van der Waals surface area contributed by atoms with Crippen LogP contribution in [0.5, 0.6) is 5.75 Å². The van der Waals surface area contributed by atoms with E-state index < -0.39 is 0 Å². The third-order valence-electron chi connectivity index (χ3n) is 4.26. The fraction of sp³-hybridized carbons (Fsp3) is 0.647. The lowest BCUT2D eigenvalue weighted by molar-refractivity contribution is 0.182. The van der Waals surface area contributed by atoms with Crippen molar-refractivity contribution in [2.45, 2.75) is 70.1 Å². The van der Waals surface area contributed by atoms with Crippen LogP contribution in [-0.4, -0.2) is 12.1 Å². The molecule has 2 nitrogen and oxygen atoms in total. The minimum absolute atomic E-state index is 0.407. The highest BCUT2D eigenvalue weighted by molar-refractivity contribution is 9.10. The highest BCUT2D eigenvalue weighted by Gasteiger charge is 2.20.